The number of aromatic nitrogens is 6. The Morgan fingerprint density at radius 1 is 1.11 bits per heavy atom. The second-order valence-electron chi connectivity index (χ2n) is 8.85. The minimum Gasteiger partial charge on any atom is -0.470 e. The summed E-state index contributed by atoms with van der Waals surface area (Å²) in [4.78, 5) is 13.0. The summed E-state index contributed by atoms with van der Waals surface area (Å²) in [7, 11) is 0. The Morgan fingerprint density at radius 3 is 2.66 bits per heavy atom. The van der Waals surface area contributed by atoms with Gasteiger partial charge in [0.25, 0.3) is 6.43 Å². The molecule has 0 radical (unpaired) electrons. The highest BCUT2D eigenvalue weighted by Crippen LogP contribution is 2.40. The number of halogens is 5. The van der Waals surface area contributed by atoms with Gasteiger partial charge in [0, 0.05) is 18.7 Å². The normalized spacial score (nSPS) is 15.8. The predicted molar refractivity (Wildman–Crippen MR) is 129 cm³/mol. The first-order chi connectivity index (χ1) is 18.2. The molecule has 1 aliphatic heterocycles. The fourth-order valence-corrected chi connectivity index (χ4v) is 4.49. The van der Waals surface area contributed by atoms with Gasteiger partial charge in [-0.15, -0.1) is 0 Å². The third kappa shape index (κ3) is 5.43. The molecule has 0 unspecified atom stereocenters. The van der Waals surface area contributed by atoms with Crippen molar-refractivity contribution in [2.75, 3.05) is 6.61 Å². The van der Waals surface area contributed by atoms with Gasteiger partial charge in [-0.2, -0.15) is 18.3 Å². The molecule has 0 spiro atoms. The van der Waals surface area contributed by atoms with E-state index in [0.29, 0.717) is 42.4 Å². The molecule has 3 aromatic heterocycles. The molecule has 0 aliphatic carbocycles. The first kappa shape index (κ1) is 25.6. The van der Waals surface area contributed by atoms with Crippen LogP contribution >= 0.6 is 0 Å². The zero-order valence-electron chi connectivity index (χ0n) is 20.2. The number of rotatable bonds is 7. The van der Waals surface area contributed by atoms with Crippen molar-refractivity contribution < 1.29 is 26.7 Å². The summed E-state index contributed by atoms with van der Waals surface area (Å²) in [6.45, 7) is 1.52. The molecule has 0 bridgehead atoms. The molecule has 5 rings (SSSR count). The molecule has 198 valence electrons. The van der Waals surface area contributed by atoms with Crippen LogP contribution in [0.1, 0.15) is 52.9 Å². The lowest BCUT2D eigenvalue weighted by Crippen LogP contribution is -2.21. The van der Waals surface area contributed by atoms with E-state index in [1.54, 1.807) is 52.7 Å². The molecule has 1 aromatic carbocycles. The van der Waals surface area contributed by atoms with E-state index in [1.807, 2.05) is 0 Å². The molecule has 12 heteroatoms. The van der Waals surface area contributed by atoms with E-state index in [0.717, 1.165) is 11.8 Å². The van der Waals surface area contributed by atoms with E-state index < -0.39 is 30.7 Å². The number of hydrogen-bond donors (Lipinski definition) is 0. The third-order valence-electron chi connectivity index (χ3n) is 6.13. The van der Waals surface area contributed by atoms with Crippen molar-refractivity contribution in [2.45, 2.75) is 44.8 Å². The summed E-state index contributed by atoms with van der Waals surface area (Å²) in [5.74, 6) is 0.238. The predicted octanol–water partition coefficient (Wildman–Crippen LogP) is 5.93. The summed E-state index contributed by atoms with van der Waals surface area (Å²) < 4.78 is 75.1. The molecule has 0 saturated heterocycles. The minimum absolute atomic E-state index is 0.00534. The molecule has 0 fully saturated rings. The van der Waals surface area contributed by atoms with Crippen LogP contribution in [0.3, 0.4) is 0 Å². The Labute approximate surface area is 214 Å². The maximum absolute atomic E-state index is 13.6. The maximum Gasteiger partial charge on any atom is 0.416 e. The van der Waals surface area contributed by atoms with Crippen LogP contribution in [0.15, 0.2) is 48.9 Å². The zero-order valence-corrected chi connectivity index (χ0v) is 20.2. The topological polar surface area (TPSA) is 70.7 Å². The second-order valence-corrected chi connectivity index (χ2v) is 8.85. The van der Waals surface area contributed by atoms with Gasteiger partial charge in [-0.1, -0.05) is 18.2 Å². The van der Waals surface area contributed by atoms with Crippen molar-refractivity contribution in [3.8, 4) is 11.6 Å². The largest absolute Gasteiger partial charge is 0.470 e. The molecular formula is C26H23F5N6O. The van der Waals surface area contributed by atoms with E-state index in [-0.39, 0.29) is 11.4 Å². The number of nitrogens with zero attached hydrogens (tertiary/aromatic N) is 6. The van der Waals surface area contributed by atoms with E-state index in [2.05, 4.69) is 20.1 Å². The SMILES string of the molecule is Cc1cn(-c2ccc(C=Cc3nc4n(n3)CCC[C@@H]4c3ccccc3C(F)(F)F)nc2OCC(F)F)cn1. The molecule has 38 heavy (non-hydrogen) atoms. The summed E-state index contributed by atoms with van der Waals surface area (Å²) in [5.41, 5.74) is 1.09. The monoisotopic (exact) mass is 530 g/mol. The molecule has 4 heterocycles. The highest BCUT2D eigenvalue weighted by molar-refractivity contribution is 5.65. The van der Waals surface area contributed by atoms with Crippen LogP contribution in [0.25, 0.3) is 17.8 Å². The van der Waals surface area contributed by atoms with Crippen LogP contribution in [0, 0.1) is 6.92 Å². The molecule has 7 nitrogen and oxygen atoms in total. The highest BCUT2D eigenvalue weighted by Gasteiger charge is 2.37. The number of ether oxygens (including phenoxy) is 1. The van der Waals surface area contributed by atoms with Gasteiger partial charge in [0.1, 0.15) is 11.5 Å². The fourth-order valence-electron chi connectivity index (χ4n) is 4.49. The Balaban J connectivity index is 1.43. The van der Waals surface area contributed by atoms with Gasteiger partial charge in [0.15, 0.2) is 12.4 Å². The summed E-state index contributed by atoms with van der Waals surface area (Å²) in [6, 6.07) is 8.88. The lowest BCUT2D eigenvalue weighted by Gasteiger charge is -2.25. The number of alkyl halides is 5. The first-order valence-corrected chi connectivity index (χ1v) is 11.9. The summed E-state index contributed by atoms with van der Waals surface area (Å²) in [5, 5.41) is 4.45. The molecule has 4 aromatic rings. The first-order valence-electron chi connectivity index (χ1n) is 11.9. The van der Waals surface area contributed by atoms with Crippen molar-refractivity contribution in [3.63, 3.8) is 0 Å². The lowest BCUT2D eigenvalue weighted by atomic mass is 9.88. The molecule has 0 saturated carbocycles. The van der Waals surface area contributed by atoms with Gasteiger partial charge in [-0.05, 0) is 55.7 Å². The van der Waals surface area contributed by atoms with Crippen LogP contribution in [0.4, 0.5) is 22.0 Å². The van der Waals surface area contributed by atoms with Gasteiger partial charge in [-0.3, -0.25) is 0 Å². The van der Waals surface area contributed by atoms with Gasteiger partial charge in [-0.25, -0.2) is 28.4 Å². The number of fused-ring (bicyclic) bond motifs is 1. The molecule has 1 aliphatic rings. The molecular weight excluding hydrogens is 507 g/mol. The standard InChI is InChI=1S/C26H23F5N6O/c1-16-13-36(15-32-16)21-10-8-17(33-25(21)38-14-22(27)28)9-11-23-34-24-19(6-4-12-37(24)35-23)18-5-2-3-7-20(18)26(29,30)31/h2-3,5,7-11,13,15,19,22H,4,6,12,14H2,1H3/t19-/m1/s1. The third-order valence-corrected chi connectivity index (χ3v) is 6.13. The van der Waals surface area contributed by atoms with Crippen LogP contribution in [0.2, 0.25) is 0 Å². The summed E-state index contributed by atoms with van der Waals surface area (Å²) >= 11 is 0. The van der Waals surface area contributed by atoms with Crippen molar-refractivity contribution in [1.29, 1.82) is 0 Å². The lowest BCUT2D eigenvalue weighted by molar-refractivity contribution is -0.138. The van der Waals surface area contributed by atoms with Crippen molar-refractivity contribution in [3.05, 3.63) is 83.1 Å². The summed E-state index contributed by atoms with van der Waals surface area (Å²) in [6.07, 6.45) is 0.465. The molecule has 0 amide bonds. The van der Waals surface area contributed by atoms with Gasteiger partial charge in [0.05, 0.1) is 23.3 Å². The maximum atomic E-state index is 13.6. The fraction of sp³-hybridized carbons (Fsp3) is 0.308. The van der Waals surface area contributed by atoms with Crippen LogP contribution in [0.5, 0.6) is 5.88 Å². The number of hydrogen-bond acceptors (Lipinski definition) is 5. The van der Waals surface area contributed by atoms with Crippen molar-refractivity contribution >= 4 is 12.2 Å². The Kier molecular flexibility index (Phi) is 6.96. The highest BCUT2D eigenvalue weighted by atomic mass is 19.4. The van der Waals surface area contributed by atoms with Crippen molar-refractivity contribution in [1.82, 2.24) is 29.3 Å². The quantitative estimate of drug-likeness (QED) is 0.277. The zero-order chi connectivity index (χ0) is 26.9. The number of pyridine rings is 1. The smallest absolute Gasteiger partial charge is 0.416 e. The minimum atomic E-state index is -4.47. The van der Waals surface area contributed by atoms with Crippen LogP contribution in [-0.2, 0) is 12.7 Å². The number of imidazole rings is 1. The number of benzene rings is 1. The molecule has 1 atom stereocenters. The average molecular weight is 531 g/mol. The van der Waals surface area contributed by atoms with E-state index in [1.165, 1.54) is 18.5 Å². The second kappa shape index (κ2) is 10.3. The van der Waals surface area contributed by atoms with Crippen LogP contribution < -0.4 is 4.74 Å². The Morgan fingerprint density at radius 2 is 1.92 bits per heavy atom. The van der Waals surface area contributed by atoms with Gasteiger partial charge < -0.3 is 9.30 Å². The Hall–Kier alpha value is -4.09. The number of aryl methyl sites for hydroxylation is 2. The van der Waals surface area contributed by atoms with Crippen LogP contribution in [-0.4, -0.2) is 42.3 Å². The van der Waals surface area contributed by atoms with Crippen molar-refractivity contribution in [2.24, 2.45) is 0 Å². The van der Waals surface area contributed by atoms with E-state index in [9.17, 15) is 22.0 Å². The van der Waals surface area contributed by atoms with E-state index >= 15 is 0 Å². The molecule has 0 N–H and O–H groups in total. The van der Waals surface area contributed by atoms with Gasteiger partial charge >= 0.3 is 6.18 Å². The van der Waals surface area contributed by atoms with E-state index in [4.69, 9.17) is 4.74 Å². The average Bonchev–Trinajstić information content (AvgIpc) is 3.51. The Bertz CT molecular complexity index is 1460. The van der Waals surface area contributed by atoms with Gasteiger partial charge in [0.2, 0.25) is 5.88 Å².